The molecule has 1 aromatic carbocycles. The molecule has 0 spiro atoms. The number of hydrogen-bond acceptors (Lipinski definition) is 3. The minimum absolute atomic E-state index is 0.0804. The number of aliphatic carboxylic acids is 2. The summed E-state index contributed by atoms with van der Waals surface area (Å²) < 4.78 is 0. The minimum atomic E-state index is -1.15. The molecule has 1 aromatic rings. The molecule has 6 heteroatoms. The van der Waals surface area contributed by atoms with Crippen LogP contribution in [-0.2, 0) is 14.4 Å². The van der Waals surface area contributed by atoms with E-state index in [0.29, 0.717) is 0 Å². The Kier molecular flexibility index (Phi) is 5.59. The quantitative estimate of drug-likeness (QED) is 0.833. The number of hydrogen-bond donors (Lipinski definition) is 2. The second kappa shape index (κ2) is 7.47. The normalized spacial score (nSPS) is 21.7. The number of carboxylic acids is 2. The predicted molar refractivity (Wildman–Crippen MR) is 87.6 cm³/mol. The van der Waals surface area contributed by atoms with Crippen LogP contribution in [0.25, 0.3) is 0 Å². The Balaban J connectivity index is 2.24. The maximum atomic E-state index is 12.8. The number of benzene rings is 1. The van der Waals surface area contributed by atoms with Crippen LogP contribution in [0.3, 0.4) is 0 Å². The fourth-order valence-electron chi connectivity index (χ4n) is 3.38. The second-order valence-corrected chi connectivity index (χ2v) is 6.55. The minimum Gasteiger partial charge on any atom is -0.480 e. The van der Waals surface area contributed by atoms with Crippen LogP contribution >= 0.6 is 0 Å². The Hall–Kier alpha value is -2.37. The van der Waals surface area contributed by atoms with Gasteiger partial charge in [-0.25, -0.2) is 9.59 Å². The van der Waals surface area contributed by atoms with Crippen molar-refractivity contribution in [1.82, 2.24) is 4.90 Å². The molecule has 0 radical (unpaired) electrons. The summed E-state index contributed by atoms with van der Waals surface area (Å²) in [5.41, 5.74) is 0.999. The number of carbonyl (C=O) groups is 3. The Morgan fingerprint density at radius 3 is 1.96 bits per heavy atom. The lowest BCUT2D eigenvalue weighted by Gasteiger charge is -2.29. The lowest BCUT2D eigenvalue weighted by Crippen LogP contribution is -2.48. The molecule has 0 bridgehead atoms. The number of nitrogens with zero attached hydrogens (tertiary/aromatic N) is 1. The van der Waals surface area contributed by atoms with Gasteiger partial charge in [0.1, 0.15) is 12.1 Å². The summed E-state index contributed by atoms with van der Waals surface area (Å²) in [4.78, 5) is 36.6. The molecule has 6 nitrogen and oxygen atoms in total. The first-order valence-electron chi connectivity index (χ1n) is 8.14. The Labute approximate surface area is 141 Å². The van der Waals surface area contributed by atoms with Gasteiger partial charge in [0.2, 0.25) is 5.91 Å². The standard InChI is InChI=1S/C18H23NO5/c1-11(2)13(12-6-4-3-5-7-12)10-16(20)19-14(17(21)22)8-9-15(19)18(23)24/h3-7,11,13-15H,8-10H2,1-2H3,(H,21,22)(H,23,24)/t13?,14-,15+. The zero-order chi connectivity index (χ0) is 17.9. The van der Waals surface area contributed by atoms with Crippen molar-refractivity contribution in [3.63, 3.8) is 0 Å². The van der Waals surface area contributed by atoms with Gasteiger partial charge < -0.3 is 15.1 Å². The van der Waals surface area contributed by atoms with E-state index in [1.54, 1.807) is 0 Å². The smallest absolute Gasteiger partial charge is 0.326 e. The third-order valence-electron chi connectivity index (χ3n) is 4.67. The van der Waals surface area contributed by atoms with Crippen LogP contribution in [0.1, 0.15) is 44.6 Å². The largest absolute Gasteiger partial charge is 0.480 e. The molecule has 1 heterocycles. The van der Waals surface area contributed by atoms with Gasteiger partial charge in [0.25, 0.3) is 0 Å². The molecule has 0 saturated carbocycles. The van der Waals surface area contributed by atoms with E-state index in [0.717, 1.165) is 10.5 Å². The lowest BCUT2D eigenvalue weighted by molar-refractivity contribution is -0.155. The molecule has 3 atom stereocenters. The van der Waals surface area contributed by atoms with Gasteiger partial charge >= 0.3 is 11.9 Å². The van der Waals surface area contributed by atoms with Crippen LogP contribution in [0.4, 0.5) is 0 Å². The fraction of sp³-hybridized carbons (Fsp3) is 0.500. The van der Waals surface area contributed by atoms with Crippen molar-refractivity contribution in [2.75, 3.05) is 0 Å². The van der Waals surface area contributed by atoms with Crippen LogP contribution in [0.5, 0.6) is 0 Å². The number of rotatable bonds is 6. The third-order valence-corrected chi connectivity index (χ3v) is 4.67. The summed E-state index contributed by atoms with van der Waals surface area (Å²) in [5.74, 6) is -2.61. The first kappa shape index (κ1) is 18.0. The summed E-state index contributed by atoms with van der Waals surface area (Å²) in [6.07, 6.45) is 0.459. The first-order chi connectivity index (χ1) is 11.3. The number of amides is 1. The van der Waals surface area contributed by atoms with Crippen molar-refractivity contribution in [1.29, 1.82) is 0 Å². The number of likely N-dealkylation sites (tertiary alicyclic amines) is 1. The third kappa shape index (κ3) is 3.75. The highest BCUT2D eigenvalue weighted by Crippen LogP contribution is 2.32. The van der Waals surface area contributed by atoms with Gasteiger partial charge in [0.05, 0.1) is 0 Å². The van der Waals surface area contributed by atoms with Crippen molar-refractivity contribution in [3.05, 3.63) is 35.9 Å². The second-order valence-electron chi connectivity index (χ2n) is 6.55. The molecule has 2 N–H and O–H groups in total. The Bertz CT molecular complexity index is 591. The van der Waals surface area contributed by atoms with E-state index >= 15 is 0 Å². The summed E-state index contributed by atoms with van der Waals surface area (Å²) in [7, 11) is 0. The van der Waals surface area contributed by atoms with Crippen LogP contribution in [0, 0.1) is 5.92 Å². The molecule has 2 rings (SSSR count). The SMILES string of the molecule is CC(C)C(CC(=O)N1[C@@H](C(=O)O)CC[C@H]1C(=O)O)c1ccccc1. The summed E-state index contributed by atoms with van der Waals surface area (Å²) in [5, 5.41) is 18.6. The molecule has 0 aromatic heterocycles. The maximum absolute atomic E-state index is 12.8. The molecule has 1 aliphatic heterocycles. The molecular weight excluding hydrogens is 310 g/mol. The molecule has 1 aliphatic rings. The van der Waals surface area contributed by atoms with Crippen molar-refractivity contribution < 1.29 is 24.6 Å². The van der Waals surface area contributed by atoms with E-state index in [1.807, 2.05) is 44.2 Å². The number of carbonyl (C=O) groups excluding carboxylic acids is 1. The van der Waals surface area contributed by atoms with Gasteiger partial charge in [0, 0.05) is 6.42 Å². The van der Waals surface area contributed by atoms with E-state index in [-0.39, 0.29) is 31.1 Å². The molecule has 1 fully saturated rings. The first-order valence-corrected chi connectivity index (χ1v) is 8.14. The highest BCUT2D eigenvalue weighted by Gasteiger charge is 2.44. The molecule has 1 unspecified atom stereocenters. The molecular formula is C18H23NO5. The monoisotopic (exact) mass is 333 g/mol. The van der Waals surface area contributed by atoms with Crippen molar-refractivity contribution in [3.8, 4) is 0 Å². The molecule has 1 amide bonds. The van der Waals surface area contributed by atoms with E-state index in [9.17, 15) is 24.6 Å². The van der Waals surface area contributed by atoms with Gasteiger partial charge in [-0.2, -0.15) is 0 Å². The van der Waals surface area contributed by atoms with E-state index in [1.165, 1.54) is 0 Å². The van der Waals surface area contributed by atoms with Gasteiger partial charge in [0.15, 0.2) is 0 Å². The molecule has 0 aliphatic carbocycles. The molecule has 24 heavy (non-hydrogen) atoms. The molecule has 1 saturated heterocycles. The van der Waals surface area contributed by atoms with E-state index in [4.69, 9.17) is 0 Å². The summed E-state index contributed by atoms with van der Waals surface area (Å²) >= 11 is 0. The van der Waals surface area contributed by atoms with Gasteiger partial charge in [-0.05, 0) is 30.2 Å². The average Bonchev–Trinajstić information content (AvgIpc) is 2.98. The molecule has 130 valence electrons. The van der Waals surface area contributed by atoms with Gasteiger partial charge in [-0.3, -0.25) is 4.79 Å². The average molecular weight is 333 g/mol. The van der Waals surface area contributed by atoms with Crippen LogP contribution in [0.15, 0.2) is 30.3 Å². The van der Waals surface area contributed by atoms with Gasteiger partial charge in [-0.15, -0.1) is 0 Å². The Morgan fingerprint density at radius 1 is 1.04 bits per heavy atom. The summed E-state index contributed by atoms with van der Waals surface area (Å²) in [6, 6.07) is 7.45. The van der Waals surface area contributed by atoms with Crippen molar-refractivity contribution >= 4 is 17.8 Å². The maximum Gasteiger partial charge on any atom is 0.326 e. The van der Waals surface area contributed by atoms with Crippen LogP contribution < -0.4 is 0 Å². The topological polar surface area (TPSA) is 94.9 Å². The van der Waals surface area contributed by atoms with E-state index < -0.39 is 29.9 Å². The Morgan fingerprint density at radius 2 is 1.54 bits per heavy atom. The number of carboxylic acid groups (broad SMARTS) is 2. The van der Waals surface area contributed by atoms with E-state index in [2.05, 4.69) is 0 Å². The van der Waals surface area contributed by atoms with Crippen molar-refractivity contribution in [2.45, 2.75) is 51.1 Å². The highest BCUT2D eigenvalue weighted by atomic mass is 16.4. The van der Waals surface area contributed by atoms with Gasteiger partial charge in [-0.1, -0.05) is 44.2 Å². The van der Waals surface area contributed by atoms with Crippen LogP contribution in [0.2, 0.25) is 0 Å². The summed E-state index contributed by atoms with van der Waals surface area (Å²) in [6.45, 7) is 4.00. The fourth-order valence-corrected chi connectivity index (χ4v) is 3.38. The predicted octanol–water partition coefficient (Wildman–Crippen LogP) is 2.35. The van der Waals surface area contributed by atoms with Crippen molar-refractivity contribution in [2.24, 2.45) is 5.92 Å². The van der Waals surface area contributed by atoms with Crippen LogP contribution in [-0.4, -0.2) is 45.0 Å². The highest BCUT2D eigenvalue weighted by molar-refractivity contribution is 5.90. The zero-order valence-electron chi connectivity index (χ0n) is 13.9. The zero-order valence-corrected chi connectivity index (χ0v) is 13.9. The lowest BCUT2D eigenvalue weighted by atomic mass is 9.85.